The van der Waals surface area contributed by atoms with Crippen LogP contribution in [0.15, 0.2) is 12.1 Å². The van der Waals surface area contributed by atoms with Gasteiger partial charge in [-0.1, -0.05) is 38.4 Å². The predicted octanol–water partition coefficient (Wildman–Crippen LogP) is 2.57. The summed E-state index contributed by atoms with van der Waals surface area (Å²) in [5, 5.41) is 5.61. The fourth-order valence-corrected chi connectivity index (χ4v) is 3.38. The summed E-state index contributed by atoms with van der Waals surface area (Å²) < 4.78 is 27.6. The maximum absolute atomic E-state index is 11.8. The van der Waals surface area contributed by atoms with E-state index in [0.717, 1.165) is 11.1 Å². The Morgan fingerprint density at radius 1 is 1.33 bits per heavy atom. The zero-order valence-electron chi connectivity index (χ0n) is 12.9. The predicted molar refractivity (Wildman–Crippen MR) is 86.1 cm³/mol. The molecule has 0 aliphatic rings. The van der Waals surface area contributed by atoms with Crippen LogP contribution in [-0.4, -0.2) is 25.2 Å². The van der Waals surface area contributed by atoms with Gasteiger partial charge in [-0.2, -0.15) is 5.10 Å². The van der Waals surface area contributed by atoms with Crippen LogP contribution in [0.1, 0.15) is 32.0 Å². The van der Waals surface area contributed by atoms with Crippen LogP contribution in [0.4, 0.5) is 0 Å². The summed E-state index contributed by atoms with van der Waals surface area (Å²) in [5.74, 6) is -0.186. The molecule has 0 spiro atoms. The minimum atomic E-state index is -3.40. The van der Waals surface area contributed by atoms with Crippen LogP contribution in [0, 0.1) is 0 Å². The van der Waals surface area contributed by atoms with Gasteiger partial charge in [-0.25, -0.2) is 13.1 Å². The standard InChI is InChI=1S/C14H20ClN3O2S/c1-14(2,3)9-6-7-10(15)12-11(8-21(19,20)16-4)17-18(5)13(9)12/h6-7,16H,8H2,1-5H3. The van der Waals surface area contributed by atoms with Crippen molar-refractivity contribution in [2.24, 2.45) is 7.05 Å². The highest BCUT2D eigenvalue weighted by atomic mass is 35.5. The third-order valence-corrected chi connectivity index (χ3v) is 5.05. The monoisotopic (exact) mass is 329 g/mol. The number of aryl methyl sites for hydroxylation is 1. The van der Waals surface area contributed by atoms with Gasteiger partial charge >= 0.3 is 0 Å². The fraction of sp³-hybridized carbons (Fsp3) is 0.500. The van der Waals surface area contributed by atoms with Crippen molar-refractivity contribution in [2.75, 3.05) is 7.05 Å². The Morgan fingerprint density at radius 3 is 2.48 bits per heavy atom. The number of halogens is 1. The van der Waals surface area contributed by atoms with Gasteiger partial charge in [0.15, 0.2) is 0 Å². The van der Waals surface area contributed by atoms with Crippen molar-refractivity contribution in [3.8, 4) is 0 Å². The molecule has 116 valence electrons. The number of aromatic nitrogens is 2. The van der Waals surface area contributed by atoms with Gasteiger partial charge < -0.3 is 0 Å². The number of rotatable bonds is 3. The van der Waals surface area contributed by atoms with Crippen molar-refractivity contribution in [2.45, 2.75) is 31.9 Å². The molecule has 0 radical (unpaired) electrons. The van der Waals surface area contributed by atoms with E-state index in [2.05, 4.69) is 30.6 Å². The lowest BCUT2D eigenvalue weighted by atomic mass is 9.85. The minimum absolute atomic E-state index is 0.0875. The zero-order valence-corrected chi connectivity index (χ0v) is 14.4. The SMILES string of the molecule is CNS(=O)(=O)Cc1nn(C)c2c(C(C)(C)C)ccc(Cl)c12. The number of sulfonamides is 1. The van der Waals surface area contributed by atoms with Crippen LogP contribution in [0.2, 0.25) is 5.02 Å². The van der Waals surface area contributed by atoms with E-state index in [9.17, 15) is 8.42 Å². The van der Waals surface area contributed by atoms with Crippen LogP contribution < -0.4 is 4.72 Å². The third kappa shape index (κ3) is 3.07. The van der Waals surface area contributed by atoms with Gasteiger partial charge in [0.05, 0.1) is 16.2 Å². The van der Waals surface area contributed by atoms with Crippen LogP contribution in [0.25, 0.3) is 10.9 Å². The molecule has 0 unspecified atom stereocenters. The van der Waals surface area contributed by atoms with Crippen molar-refractivity contribution in [3.05, 3.63) is 28.4 Å². The van der Waals surface area contributed by atoms with Gasteiger partial charge in [-0.15, -0.1) is 0 Å². The number of nitrogens with one attached hydrogen (secondary N) is 1. The normalized spacial score (nSPS) is 13.0. The molecule has 1 aromatic heterocycles. The molecule has 1 N–H and O–H groups in total. The Bertz CT molecular complexity index is 789. The molecule has 21 heavy (non-hydrogen) atoms. The molecule has 0 saturated carbocycles. The van der Waals surface area contributed by atoms with Crippen molar-refractivity contribution in [1.82, 2.24) is 14.5 Å². The number of nitrogens with zero attached hydrogens (tertiary/aromatic N) is 2. The molecule has 0 fully saturated rings. The van der Waals surface area contributed by atoms with Gasteiger partial charge in [-0.3, -0.25) is 4.68 Å². The largest absolute Gasteiger partial charge is 0.267 e. The lowest BCUT2D eigenvalue weighted by Crippen LogP contribution is -2.20. The van der Waals surface area contributed by atoms with Crippen molar-refractivity contribution < 1.29 is 8.42 Å². The summed E-state index contributed by atoms with van der Waals surface area (Å²) in [7, 11) is -0.200. The zero-order chi connectivity index (χ0) is 16.0. The fourth-order valence-electron chi connectivity index (χ4n) is 2.42. The molecule has 0 saturated heterocycles. The van der Waals surface area contributed by atoms with Crippen LogP contribution in [-0.2, 0) is 28.2 Å². The summed E-state index contributed by atoms with van der Waals surface area (Å²) in [4.78, 5) is 0. The maximum atomic E-state index is 11.8. The summed E-state index contributed by atoms with van der Waals surface area (Å²) in [5.41, 5.74) is 2.36. The Balaban J connectivity index is 2.78. The van der Waals surface area contributed by atoms with Gasteiger partial charge in [0.1, 0.15) is 5.75 Å². The second-order valence-electron chi connectivity index (χ2n) is 6.10. The topological polar surface area (TPSA) is 64.0 Å². The van der Waals surface area contributed by atoms with E-state index < -0.39 is 10.0 Å². The van der Waals surface area contributed by atoms with Gasteiger partial charge in [0.2, 0.25) is 10.0 Å². The molecule has 1 aromatic carbocycles. The van der Waals surface area contributed by atoms with E-state index in [1.54, 1.807) is 4.68 Å². The first-order valence-electron chi connectivity index (χ1n) is 6.62. The van der Waals surface area contributed by atoms with E-state index >= 15 is 0 Å². The molecule has 0 atom stereocenters. The third-order valence-electron chi connectivity index (χ3n) is 3.46. The average molecular weight is 330 g/mol. The van der Waals surface area contributed by atoms with E-state index in [-0.39, 0.29) is 11.2 Å². The highest BCUT2D eigenvalue weighted by Crippen LogP contribution is 2.35. The van der Waals surface area contributed by atoms with Crippen LogP contribution in [0.5, 0.6) is 0 Å². The first kappa shape index (κ1) is 16.3. The minimum Gasteiger partial charge on any atom is -0.267 e. The molecule has 1 heterocycles. The Labute approximate surface area is 130 Å². The molecule has 7 heteroatoms. The summed E-state index contributed by atoms with van der Waals surface area (Å²) in [6.07, 6.45) is 0. The first-order valence-corrected chi connectivity index (χ1v) is 8.65. The van der Waals surface area contributed by atoms with E-state index in [0.29, 0.717) is 16.1 Å². The Hall–Kier alpha value is -1.11. The second kappa shape index (κ2) is 5.26. The quantitative estimate of drug-likeness (QED) is 0.941. The number of benzene rings is 1. The second-order valence-corrected chi connectivity index (χ2v) is 8.44. The highest BCUT2D eigenvalue weighted by Gasteiger charge is 2.24. The number of hydrogen-bond acceptors (Lipinski definition) is 3. The molecular weight excluding hydrogens is 310 g/mol. The average Bonchev–Trinajstić information content (AvgIpc) is 2.66. The number of fused-ring (bicyclic) bond motifs is 1. The molecule has 2 aromatic rings. The van der Waals surface area contributed by atoms with E-state index in [4.69, 9.17) is 11.6 Å². The first-order chi connectivity index (χ1) is 9.57. The Kier molecular flexibility index (Phi) is 4.08. The van der Waals surface area contributed by atoms with Crippen LogP contribution >= 0.6 is 11.6 Å². The summed E-state index contributed by atoms with van der Waals surface area (Å²) in [6, 6.07) is 3.78. The molecule has 0 bridgehead atoms. The van der Waals surface area contributed by atoms with Crippen LogP contribution in [0.3, 0.4) is 0 Å². The molecule has 0 aliphatic carbocycles. The Morgan fingerprint density at radius 2 is 1.95 bits per heavy atom. The summed E-state index contributed by atoms with van der Waals surface area (Å²) >= 11 is 6.30. The molecular formula is C14H20ClN3O2S. The van der Waals surface area contributed by atoms with Crippen molar-refractivity contribution >= 4 is 32.5 Å². The lowest BCUT2D eigenvalue weighted by molar-refractivity contribution is 0.585. The van der Waals surface area contributed by atoms with Gasteiger partial charge in [-0.05, 0) is 24.1 Å². The molecule has 5 nitrogen and oxygen atoms in total. The molecule has 2 rings (SSSR count). The lowest BCUT2D eigenvalue weighted by Gasteiger charge is -2.21. The van der Waals surface area contributed by atoms with Crippen molar-refractivity contribution in [3.63, 3.8) is 0 Å². The van der Waals surface area contributed by atoms with Crippen molar-refractivity contribution in [1.29, 1.82) is 0 Å². The van der Waals surface area contributed by atoms with Gasteiger partial charge in [0, 0.05) is 12.4 Å². The summed E-state index contributed by atoms with van der Waals surface area (Å²) in [6.45, 7) is 6.31. The number of hydrogen-bond donors (Lipinski definition) is 1. The smallest absolute Gasteiger partial charge is 0.217 e. The van der Waals surface area contributed by atoms with E-state index in [1.807, 2.05) is 19.2 Å². The van der Waals surface area contributed by atoms with Gasteiger partial charge in [0.25, 0.3) is 0 Å². The molecule has 0 aliphatic heterocycles. The van der Waals surface area contributed by atoms with E-state index in [1.165, 1.54) is 7.05 Å². The molecule has 0 amide bonds. The highest BCUT2D eigenvalue weighted by molar-refractivity contribution is 7.88. The maximum Gasteiger partial charge on any atom is 0.217 e.